The molecule has 0 radical (unpaired) electrons. The number of aromatic nitrogens is 2. The van der Waals surface area contributed by atoms with Crippen LogP contribution in [-0.4, -0.2) is 21.3 Å². The summed E-state index contributed by atoms with van der Waals surface area (Å²) in [5.74, 6) is 0.263. The fourth-order valence-corrected chi connectivity index (χ4v) is 2.29. The van der Waals surface area contributed by atoms with Gasteiger partial charge < -0.3 is 0 Å². The third-order valence-corrected chi connectivity index (χ3v) is 3.44. The monoisotopic (exact) mass is 264 g/mol. The Labute approximate surface area is 109 Å². The summed E-state index contributed by atoms with van der Waals surface area (Å²) >= 11 is 1.42. The summed E-state index contributed by atoms with van der Waals surface area (Å²) in [6.07, 6.45) is 3.92. The molecule has 0 unspecified atom stereocenters. The normalized spacial score (nSPS) is 10.6. The van der Waals surface area contributed by atoms with Crippen molar-refractivity contribution in [2.45, 2.75) is 11.3 Å². The quantitative estimate of drug-likeness (QED) is 0.778. The Bertz CT molecular complexity index is 536. The second-order valence-electron chi connectivity index (χ2n) is 3.98. The Kier molecular flexibility index (Phi) is 4.15. The van der Waals surface area contributed by atoms with Crippen molar-refractivity contribution in [3.8, 4) is 0 Å². The van der Waals surface area contributed by atoms with E-state index < -0.39 is 0 Å². The highest BCUT2D eigenvalue weighted by molar-refractivity contribution is 8.00. The number of halogens is 1. The molecule has 0 spiro atoms. The number of Topliss-reactive ketones (excluding diaryl/α,β-unsaturated/α-hetero) is 1. The lowest BCUT2D eigenvalue weighted by atomic mass is 10.2. The van der Waals surface area contributed by atoms with Gasteiger partial charge in [-0.25, -0.2) is 4.39 Å². The highest BCUT2D eigenvalue weighted by Gasteiger charge is 2.06. The highest BCUT2D eigenvalue weighted by Crippen LogP contribution is 2.18. The lowest BCUT2D eigenvalue weighted by Gasteiger charge is -2.00. The first-order valence-electron chi connectivity index (χ1n) is 5.51. The van der Waals surface area contributed by atoms with Crippen LogP contribution in [0.25, 0.3) is 0 Å². The van der Waals surface area contributed by atoms with E-state index in [2.05, 4.69) is 5.10 Å². The zero-order valence-corrected chi connectivity index (χ0v) is 10.8. The topological polar surface area (TPSA) is 34.9 Å². The summed E-state index contributed by atoms with van der Waals surface area (Å²) in [6.45, 7) is 0. The van der Waals surface area contributed by atoms with Crippen LogP contribution in [0.4, 0.5) is 4.39 Å². The van der Waals surface area contributed by atoms with Crippen LogP contribution in [0.5, 0.6) is 0 Å². The molecule has 3 nitrogen and oxygen atoms in total. The molecule has 0 N–H and O–H groups in total. The Morgan fingerprint density at radius 3 is 2.72 bits per heavy atom. The van der Waals surface area contributed by atoms with Crippen LogP contribution in [0.1, 0.15) is 5.56 Å². The Balaban J connectivity index is 1.83. The minimum absolute atomic E-state index is 0.136. The van der Waals surface area contributed by atoms with Crippen molar-refractivity contribution in [1.29, 1.82) is 0 Å². The molecule has 94 valence electrons. The number of carbonyl (C=O) groups excluding carboxylic acids is 1. The van der Waals surface area contributed by atoms with Crippen LogP contribution in [-0.2, 0) is 18.3 Å². The molecule has 0 aliphatic carbocycles. The maximum absolute atomic E-state index is 12.7. The number of thioether (sulfide) groups is 1. The molecule has 0 aliphatic rings. The van der Waals surface area contributed by atoms with Crippen LogP contribution < -0.4 is 0 Å². The standard InChI is InChI=1S/C13H13FN2OS/c1-16-8-10(7-15-16)6-12(17)9-18-13-4-2-11(14)3-5-13/h2-5,7-8H,6,9H2,1H3. The summed E-state index contributed by atoms with van der Waals surface area (Å²) in [5.41, 5.74) is 0.919. The summed E-state index contributed by atoms with van der Waals surface area (Å²) in [7, 11) is 1.82. The zero-order valence-electron chi connectivity index (χ0n) is 9.97. The Morgan fingerprint density at radius 2 is 2.11 bits per heavy atom. The minimum Gasteiger partial charge on any atom is -0.298 e. The Morgan fingerprint density at radius 1 is 1.39 bits per heavy atom. The van der Waals surface area contributed by atoms with Gasteiger partial charge in [0.15, 0.2) is 0 Å². The van der Waals surface area contributed by atoms with E-state index in [1.54, 1.807) is 23.0 Å². The van der Waals surface area contributed by atoms with Gasteiger partial charge >= 0.3 is 0 Å². The number of hydrogen-bond acceptors (Lipinski definition) is 3. The van der Waals surface area contributed by atoms with E-state index in [0.717, 1.165) is 10.5 Å². The molecule has 1 aromatic heterocycles. The SMILES string of the molecule is Cn1cc(CC(=O)CSc2ccc(F)cc2)cn1. The van der Waals surface area contributed by atoms with E-state index in [1.165, 1.54) is 23.9 Å². The first-order valence-corrected chi connectivity index (χ1v) is 6.49. The van der Waals surface area contributed by atoms with Gasteiger partial charge in [-0.3, -0.25) is 9.48 Å². The number of nitrogens with zero attached hydrogens (tertiary/aromatic N) is 2. The maximum atomic E-state index is 12.7. The third kappa shape index (κ3) is 3.70. The zero-order chi connectivity index (χ0) is 13.0. The van der Waals surface area contributed by atoms with E-state index in [4.69, 9.17) is 0 Å². The summed E-state index contributed by atoms with van der Waals surface area (Å²) in [5, 5.41) is 4.01. The van der Waals surface area contributed by atoms with E-state index in [0.29, 0.717) is 12.2 Å². The van der Waals surface area contributed by atoms with Crippen molar-refractivity contribution in [2.75, 3.05) is 5.75 Å². The van der Waals surface area contributed by atoms with Crippen LogP contribution in [0.3, 0.4) is 0 Å². The number of carbonyl (C=O) groups is 1. The van der Waals surface area contributed by atoms with Crippen molar-refractivity contribution in [3.05, 3.63) is 48.0 Å². The average molecular weight is 264 g/mol. The molecule has 18 heavy (non-hydrogen) atoms. The molecule has 2 aromatic rings. The number of rotatable bonds is 5. The number of benzene rings is 1. The summed E-state index contributed by atoms with van der Waals surface area (Å²) in [6, 6.07) is 6.15. The molecule has 1 heterocycles. The largest absolute Gasteiger partial charge is 0.298 e. The van der Waals surface area contributed by atoms with Crippen LogP contribution >= 0.6 is 11.8 Å². The molecule has 0 aliphatic heterocycles. The molecule has 2 rings (SSSR count). The van der Waals surface area contributed by atoms with Crippen molar-refractivity contribution < 1.29 is 9.18 Å². The second-order valence-corrected chi connectivity index (χ2v) is 5.03. The van der Waals surface area contributed by atoms with Gasteiger partial charge in [-0.2, -0.15) is 5.10 Å². The molecule has 0 saturated heterocycles. The predicted molar refractivity (Wildman–Crippen MR) is 69.0 cm³/mol. The molecule has 0 fully saturated rings. The summed E-state index contributed by atoms with van der Waals surface area (Å²) in [4.78, 5) is 12.6. The fraction of sp³-hybridized carbons (Fsp3) is 0.231. The predicted octanol–water partition coefficient (Wildman–Crippen LogP) is 2.46. The first-order chi connectivity index (χ1) is 8.63. The molecule has 0 atom stereocenters. The van der Waals surface area contributed by atoms with E-state index in [-0.39, 0.29) is 11.6 Å². The van der Waals surface area contributed by atoms with Gasteiger partial charge in [0, 0.05) is 24.6 Å². The lowest BCUT2D eigenvalue weighted by molar-refractivity contribution is -0.116. The van der Waals surface area contributed by atoms with Gasteiger partial charge in [0.25, 0.3) is 0 Å². The van der Waals surface area contributed by atoms with E-state index >= 15 is 0 Å². The van der Waals surface area contributed by atoms with Crippen molar-refractivity contribution in [1.82, 2.24) is 9.78 Å². The number of aryl methyl sites for hydroxylation is 1. The first kappa shape index (κ1) is 12.8. The molecular weight excluding hydrogens is 251 g/mol. The molecule has 0 amide bonds. The van der Waals surface area contributed by atoms with Gasteiger partial charge in [0.2, 0.25) is 0 Å². The van der Waals surface area contributed by atoms with Gasteiger partial charge in [-0.15, -0.1) is 11.8 Å². The highest BCUT2D eigenvalue weighted by atomic mass is 32.2. The van der Waals surface area contributed by atoms with E-state index in [1.807, 2.05) is 13.2 Å². The molecule has 1 aromatic carbocycles. The smallest absolute Gasteiger partial charge is 0.147 e. The summed E-state index contributed by atoms with van der Waals surface area (Å²) < 4.78 is 14.4. The van der Waals surface area contributed by atoms with Gasteiger partial charge in [-0.1, -0.05) is 0 Å². The average Bonchev–Trinajstić information content (AvgIpc) is 2.74. The van der Waals surface area contributed by atoms with Crippen LogP contribution in [0, 0.1) is 5.82 Å². The lowest BCUT2D eigenvalue weighted by Crippen LogP contribution is -2.04. The van der Waals surface area contributed by atoms with Crippen LogP contribution in [0.2, 0.25) is 0 Å². The van der Waals surface area contributed by atoms with Crippen molar-refractivity contribution >= 4 is 17.5 Å². The minimum atomic E-state index is -0.263. The molecular formula is C13H13FN2OS. The number of ketones is 1. The fourth-order valence-electron chi connectivity index (χ4n) is 1.54. The van der Waals surface area contributed by atoms with Gasteiger partial charge in [0.05, 0.1) is 11.9 Å². The van der Waals surface area contributed by atoms with Gasteiger partial charge in [0.1, 0.15) is 11.6 Å². The van der Waals surface area contributed by atoms with Crippen molar-refractivity contribution in [2.24, 2.45) is 7.05 Å². The van der Waals surface area contributed by atoms with Gasteiger partial charge in [-0.05, 0) is 29.8 Å². The molecule has 0 bridgehead atoms. The van der Waals surface area contributed by atoms with Crippen LogP contribution in [0.15, 0.2) is 41.6 Å². The molecule has 5 heteroatoms. The molecule has 0 saturated carbocycles. The third-order valence-electron chi connectivity index (χ3n) is 2.37. The number of hydrogen-bond donors (Lipinski definition) is 0. The second kappa shape index (κ2) is 5.82. The van der Waals surface area contributed by atoms with Crippen molar-refractivity contribution in [3.63, 3.8) is 0 Å². The Hall–Kier alpha value is -1.62. The maximum Gasteiger partial charge on any atom is 0.147 e. The van der Waals surface area contributed by atoms with E-state index in [9.17, 15) is 9.18 Å².